The predicted octanol–water partition coefficient (Wildman–Crippen LogP) is 1.71. The van der Waals surface area contributed by atoms with E-state index in [1.165, 1.54) is 12.1 Å². The van der Waals surface area contributed by atoms with Crippen LogP contribution in [0.4, 0.5) is 0 Å². The number of sulfonamides is 1. The number of carbonyl (C=O) groups excluding carboxylic acids is 1. The Morgan fingerprint density at radius 3 is 2.55 bits per heavy atom. The number of hydrogen-bond acceptors (Lipinski definition) is 3. The summed E-state index contributed by atoms with van der Waals surface area (Å²) < 4.78 is 26.3. The fraction of sp³-hybridized carbons (Fsp3) is 0.500. The zero-order chi connectivity index (χ0) is 15.3. The second-order valence-corrected chi connectivity index (χ2v) is 6.88. The van der Waals surface area contributed by atoms with E-state index in [1.807, 2.05) is 13.8 Å². The van der Waals surface area contributed by atoms with Gasteiger partial charge in [-0.2, -0.15) is 0 Å². The van der Waals surface area contributed by atoms with Crippen LogP contribution in [0.15, 0.2) is 29.2 Å². The van der Waals surface area contributed by atoms with E-state index in [1.54, 1.807) is 31.0 Å². The molecule has 0 atom stereocenters. The molecule has 0 aromatic heterocycles. The number of nitrogens with one attached hydrogen (secondary N) is 1. The molecule has 0 saturated carbocycles. The van der Waals surface area contributed by atoms with Crippen molar-refractivity contribution in [3.8, 4) is 0 Å². The van der Waals surface area contributed by atoms with Gasteiger partial charge in [-0.1, -0.05) is 26.8 Å². The molecule has 0 aliphatic carbocycles. The van der Waals surface area contributed by atoms with Gasteiger partial charge < -0.3 is 4.90 Å². The molecule has 0 saturated heterocycles. The van der Waals surface area contributed by atoms with Crippen molar-refractivity contribution in [3.05, 3.63) is 29.8 Å². The van der Waals surface area contributed by atoms with Gasteiger partial charge in [-0.25, -0.2) is 13.1 Å². The predicted molar refractivity (Wildman–Crippen MR) is 79.1 cm³/mol. The molecule has 6 heteroatoms. The number of benzene rings is 1. The summed E-state index contributed by atoms with van der Waals surface area (Å²) in [7, 11) is -1.82. The van der Waals surface area contributed by atoms with Gasteiger partial charge in [-0.3, -0.25) is 4.79 Å². The molecule has 112 valence electrons. The first-order chi connectivity index (χ1) is 9.27. The maximum absolute atomic E-state index is 12.2. The van der Waals surface area contributed by atoms with Crippen molar-refractivity contribution >= 4 is 15.9 Å². The van der Waals surface area contributed by atoms with Crippen LogP contribution in [0.3, 0.4) is 0 Å². The van der Waals surface area contributed by atoms with Gasteiger partial charge in [0.05, 0.1) is 4.90 Å². The fourth-order valence-electron chi connectivity index (χ4n) is 1.92. The van der Waals surface area contributed by atoms with Crippen molar-refractivity contribution in [2.45, 2.75) is 25.7 Å². The molecule has 1 amide bonds. The van der Waals surface area contributed by atoms with E-state index in [4.69, 9.17) is 0 Å². The van der Waals surface area contributed by atoms with Crippen molar-refractivity contribution in [2.75, 3.05) is 20.1 Å². The first kappa shape index (κ1) is 16.7. The van der Waals surface area contributed by atoms with Gasteiger partial charge in [-0.05, 0) is 24.1 Å². The molecule has 0 unspecified atom stereocenters. The lowest BCUT2D eigenvalue weighted by atomic mass is 10.1. The standard InChI is InChI=1S/C14H22N2O3S/c1-5-15-20(18,19)13-8-6-7-12(9-13)14(17)16(4)10-11(2)3/h6-9,11,15H,5,10H2,1-4H3. The van der Waals surface area contributed by atoms with E-state index in [-0.39, 0.29) is 10.8 Å². The first-order valence-corrected chi connectivity index (χ1v) is 8.11. The van der Waals surface area contributed by atoms with Crippen LogP contribution in [-0.2, 0) is 10.0 Å². The Morgan fingerprint density at radius 1 is 1.35 bits per heavy atom. The Kier molecular flexibility index (Phi) is 5.71. The van der Waals surface area contributed by atoms with E-state index < -0.39 is 10.0 Å². The van der Waals surface area contributed by atoms with Crippen LogP contribution in [0.5, 0.6) is 0 Å². The van der Waals surface area contributed by atoms with E-state index in [0.29, 0.717) is 24.6 Å². The lowest BCUT2D eigenvalue weighted by Crippen LogP contribution is -2.30. The SMILES string of the molecule is CCNS(=O)(=O)c1cccc(C(=O)N(C)CC(C)C)c1. The third-order valence-corrected chi connectivity index (χ3v) is 4.25. The lowest BCUT2D eigenvalue weighted by molar-refractivity contribution is 0.0779. The van der Waals surface area contributed by atoms with Gasteiger partial charge in [0.1, 0.15) is 0 Å². The molecule has 0 radical (unpaired) electrons. The summed E-state index contributed by atoms with van der Waals surface area (Å²) in [6.07, 6.45) is 0. The number of carbonyl (C=O) groups is 1. The number of rotatable bonds is 6. The monoisotopic (exact) mass is 298 g/mol. The van der Waals surface area contributed by atoms with Gasteiger partial charge >= 0.3 is 0 Å². The average molecular weight is 298 g/mol. The van der Waals surface area contributed by atoms with Crippen LogP contribution < -0.4 is 4.72 Å². The molecule has 0 bridgehead atoms. The van der Waals surface area contributed by atoms with Crippen molar-refractivity contribution in [1.29, 1.82) is 0 Å². The van der Waals surface area contributed by atoms with Crippen LogP contribution in [-0.4, -0.2) is 39.4 Å². The van der Waals surface area contributed by atoms with Crippen molar-refractivity contribution in [3.63, 3.8) is 0 Å². The van der Waals surface area contributed by atoms with Gasteiger partial charge in [-0.15, -0.1) is 0 Å². The minimum atomic E-state index is -3.54. The molecule has 0 fully saturated rings. The summed E-state index contributed by atoms with van der Waals surface area (Å²) in [6, 6.07) is 6.11. The quantitative estimate of drug-likeness (QED) is 0.869. The van der Waals surface area contributed by atoms with Gasteiger partial charge in [0, 0.05) is 25.7 Å². The number of hydrogen-bond donors (Lipinski definition) is 1. The van der Waals surface area contributed by atoms with E-state index in [0.717, 1.165) is 0 Å². The maximum Gasteiger partial charge on any atom is 0.253 e. The normalized spacial score (nSPS) is 11.7. The summed E-state index contributed by atoms with van der Waals surface area (Å²) >= 11 is 0. The Balaban J connectivity index is 3.02. The number of nitrogens with zero attached hydrogens (tertiary/aromatic N) is 1. The van der Waals surface area contributed by atoms with Gasteiger partial charge in [0.15, 0.2) is 0 Å². The van der Waals surface area contributed by atoms with Crippen LogP contribution in [0.1, 0.15) is 31.1 Å². The lowest BCUT2D eigenvalue weighted by Gasteiger charge is -2.19. The third kappa shape index (κ3) is 4.31. The summed E-state index contributed by atoms with van der Waals surface area (Å²) in [6.45, 7) is 6.70. The zero-order valence-corrected chi connectivity index (χ0v) is 13.2. The van der Waals surface area contributed by atoms with Crippen molar-refractivity contribution in [1.82, 2.24) is 9.62 Å². The average Bonchev–Trinajstić information content (AvgIpc) is 2.37. The van der Waals surface area contributed by atoms with Crippen LogP contribution in [0.25, 0.3) is 0 Å². The molecule has 1 N–H and O–H groups in total. The molecule has 1 rings (SSSR count). The molecule has 1 aromatic rings. The molecular weight excluding hydrogens is 276 g/mol. The first-order valence-electron chi connectivity index (χ1n) is 6.63. The van der Waals surface area contributed by atoms with E-state index >= 15 is 0 Å². The molecule has 0 aliphatic heterocycles. The Hall–Kier alpha value is -1.40. The highest BCUT2D eigenvalue weighted by Gasteiger charge is 2.17. The smallest absolute Gasteiger partial charge is 0.253 e. The van der Waals surface area contributed by atoms with E-state index in [2.05, 4.69) is 4.72 Å². The third-order valence-electron chi connectivity index (χ3n) is 2.71. The van der Waals surface area contributed by atoms with Crippen molar-refractivity contribution < 1.29 is 13.2 Å². The fourth-order valence-corrected chi connectivity index (χ4v) is 3.01. The van der Waals surface area contributed by atoms with Gasteiger partial charge in [0.25, 0.3) is 5.91 Å². The Bertz CT molecular complexity index is 568. The summed E-state index contributed by atoms with van der Waals surface area (Å²) in [5.74, 6) is 0.185. The van der Waals surface area contributed by atoms with Crippen LogP contribution >= 0.6 is 0 Å². The molecule has 20 heavy (non-hydrogen) atoms. The Labute approximate surface area is 121 Å². The summed E-state index contributed by atoms with van der Waals surface area (Å²) in [5.41, 5.74) is 0.382. The zero-order valence-electron chi connectivity index (χ0n) is 12.4. The Morgan fingerprint density at radius 2 is 2.00 bits per heavy atom. The number of amides is 1. The van der Waals surface area contributed by atoms with E-state index in [9.17, 15) is 13.2 Å². The van der Waals surface area contributed by atoms with Gasteiger partial charge in [0.2, 0.25) is 10.0 Å². The second kappa shape index (κ2) is 6.85. The highest BCUT2D eigenvalue weighted by molar-refractivity contribution is 7.89. The minimum Gasteiger partial charge on any atom is -0.341 e. The molecule has 5 nitrogen and oxygen atoms in total. The summed E-state index contributed by atoms with van der Waals surface area (Å²) in [4.78, 5) is 13.9. The minimum absolute atomic E-state index is 0.114. The second-order valence-electron chi connectivity index (χ2n) is 5.11. The molecule has 0 heterocycles. The highest BCUT2D eigenvalue weighted by Crippen LogP contribution is 2.13. The molecule has 0 aliphatic rings. The topological polar surface area (TPSA) is 66.5 Å². The van der Waals surface area contributed by atoms with Crippen LogP contribution in [0.2, 0.25) is 0 Å². The summed E-state index contributed by atoms with van der Waals surface area (Å²) in [5, 5.41) is 0. The highest BCUT2D eigenvalue weighted by atomic mass is 32.2. The molecular formula is C14H22N2O3S. The maximum atomic E-state index is 12.2. The van der Waals surface area contributed by atoms with Crippen molar-refractivity contribution in [2.24, 2.45) is 5.92 Å². The molecule has 0 spiro atoms. The largest absolute Gasteiger partial charge is 0.341 e. The molecule has 1 aromatic carbocycles. The van der Waals surface area contributed by atoms with Crippen LogP contribution in [0, 0.1) is 5.92 Å².